The summed E-state index contributed by atoms with van der Waals surface area (Å²) in [5.74, 6) is 2.18. The van der Waals surface area contributed by atoms with E-state index in [9.17, 15) is 4.39 Å². The molecule has 0 saturated carbocycles. The van der Waals surface area contributed by atoms with Gasteiger partial charge in [-0.2, -0.15) is 0 Å². The zero-order chi connectivity index (χ0) is 26.9. The Morgan fingerprint density at radius 2 is 1.66 bits per heavy atom. The monoisotopic (exact) mass is 524 g/mol. The Bertz CT molecular complexity index is 1620. The molecule has 0 aliphatic carbocycles. The Labute approximate surface area is 222 Å². The number of nitrogens with zero attached hydrogens (tertiary/aromatic N) is 5. The van der Waals surface area contributed by atoms with Gasteiger partial charge in [0.25, 0.3) is 0 Å². The van der Waals surface area contributed by atoms with Crippen LogP contribution in [0.1, 0.15) is 31.9 Å². The number of hydrogen-bond donors (Lipinski definition) is 1. The summed E-state index contributed by atoms with van der Waals surface area (Å²) < 4.78 is 13.3. The van der Waals surface area contributed by atoms with E-state index < -0.39 is 7.53 Å². The molecule has 4 heterocycles. The second kappa shape index (κ2) is 12.8. The molecule has 192 valence electrons. The van der Waals surface area contributed by atoms with Crippen LogP contribution in [-0.2, 0) is 12.6 Å². The summed E-state index contributed by atoms with van der Waals surface area (Å²) in [4.78, 5) is 21.5. The molecule has 0 saturated heterocycles. The maximum absolute atomic E-state index is 13.3. The molecule has 0 bridgehead atoms. The molecule has 0 aliphatic heterocycles. The van der Waals surface area contributed by atoms with E-state index in [2.05, 4.69) is 50.0 Å². The molecule has 0 fully saturated rings. The second-order valence-electron chi connectivity index (χ2n) is 8.19. The highest BCUT2D eigenvalue weighted by atomic mass is 31.1. The lowest BCUT2D eigenvalue weighted by atomic mass is 10.0. The molecule has 1 unspecified atom stereocenters. The molecule has 6 rings (SSSR count). The molecule has 4 aromatic heterocycles. The Morgan fingerprint density at radius 3 is 2.39 bits per heavy atom. The molecule has 8 heteroatoms. The summed E-state index contributed by atoms with van der Waals surface area (Å²) in [5.41, 5.74) is 11.3. The minimum atomic E-state index is -0.476. The van der Waals surface area contributed by atoms with Gasteiger partial charge in [-0.05, 0) is 47.9 Å². The average Bonchev–Trinajstić information content (AvgIpc) is 3.38. The predicted molar refractivity (Wildman–Crippen MR) is 156 cm³/mol. The van der Waals surface area contributed by atoms with Crippen LogP contribution < -0.4 is 5.73 Å². The zero-order valence-electron chi connectivity index (χ0n) is 21.7. The summed E-state index contributed by atoms with van der Waals surface area (Å²) in [6, 6.07) is 22.8. The SMILES string of the molecule is CC.CCc1cc2ccc(F)cc2nc1-c1ccccn1.Nc1ncnc2c1ncp2Cc1ccccc1. The second-order valence-corrected chi connectivity index (χ2v) is 10.1. The van der Waals surface area contributed by atoms with Crippen LogP contribution in [0.15, 0.2) is 91.2 Å². The highest BCUT2D eigenvalue weighted by Gasteiger charge is 2.10. The molecule has 0 spiro atoms. The van der Waals surface area contributed by atoms with Gasteiger partial charge in [0.2, 0.25) is 0 Å². The van der Waals surface area contributed by atoms with Gasteiger partial charge in [-0.15, -0.1) is 0 Å². The topological polar surface area (TPSA) is 90.5 Å². The van der Waals surface area contributed by atoms with Gasteiger partial charge in [-0.3, -0.25) is 4.98 Å². The lowest BCUT2D eigenvalue weighted by Gasteiger charge is -2.08. The van der Waals surface area contributed by atoms with Crippen molar-refractivity contribution in [1.29, 1.82) is 0 Å². The van der Waals surface area contributed by atoms with Gasteiger partial charge < -0.3 is 5.73 Å². The van der Waals surface area contributed by atoms with Gasteiger partial charge in [0, 0.05) is 29.7 Å². The summed E-state index contributed by atoms with van der Waals surface area (Å²) in [6.45, 7) is 6.08. The normalized spacial score (nSPS) is 10.9. The Kier molecular flexibility index (Phi) is 9.07. The minimum Gasteiger partial charge on any atom is -0.382 e. The van der Waals surface area contributed by atoms with Gasteiger partial charge in [0.15, 0.2) is 5.82 Å². The lowest BCUT2D eigenvalue weighted by Crippen LogP contribution is -1.95. The molecule has 6 nitrogen and oxygen atoms in total. The number of hydrogen-bond acceptors (Lipinski definition) is 6. The van der Waals surface area contributed by atoms with Gasteiger partial charge in [0.05, 0.1) is 16.9 Å². The highest BCUT2D eigenvalue weighted by molar-refractivity contribution is 7.54. The smallest absolute Gasteiger partial charge is 0.153 e. The number of rotatable bonds is 4. The maximum atomic E-state index is 13.3. The van der Waals surface area contributed by atoms with E-state index in [0.29, 0.717) is 11.3 Å². The number of aryl methyl sites for hydroxylation is 1. The lowest BCUT2D eigenvalue weighted by molar-refractivity contribution is 0.629. The predicted octanol–water partition coefficient (Wildman–Crippen LogP) is 7.67. The van der Waals surface area contributed by atoms with Crippen LogP contribution >= 0.6 is 7.53 Å². The van der Waals surface area contributed by atoms with Crippen LogP contribution in [0.4, 0.5) is 10.2 Å². The summed E-state index contributed by atoms with van der Waals surface area (Å²) in [5, 5.41) is 1.95. The molecular formula is C30H30FN6P. The Hall–Kier alpha value is -4.22. The molecule has 1 atom stereocenters. The van der Waals surface area contributed by atoms with E-state index >= 15 is 0 Å². The van der Waals surface area contributed by atoms with Gasteiger partial charge in [-0.25, -0.2) is 24.3 Å². The van der Waals surface area contributed by atoms with Crippen LogP contribution in [0.25, 0.3) is 33.1 Å². The number of nitrogens with two attached hydrogens (primary N) is 1. The minimum absolute atomic E-state index is 0.267. The van der Waals surface area contributed by atoms with Crippen molar-refractivity contribution >= 4 is 35.0 Å². The molecule has 38 heavy (non-hydrogen) atoms. The first-order valence-corrected chi connectivity index (χ1v) is 14.2. The van der Waals surface area contributed by atoms with Crippen molar-refractivity contribution in [2.75, 3.05) is 5.73 Å². The number of halogens is 1. The first kappa shape index (κ1) is 26.8. The van der Waals surface area contributed by atoms with Crippen molar-refractivity contribution in [2.45, 2.75) is 33.4 Å². The fourth-order valence-electron chi connectivity index (χ4n) is 3.97. The van der Waals surface area contributed by atoms with Gasteiger partial charge in [0.1, 0.15) is 22.9 Å². The first-order chi connectivity index (χ1) is 18.6. The third-order valence-corrected chi connectivity index (χ3v) is 7.74. The maximum Gasteiger partial charge on any atom is 0.153 e. The van der Waals surface area contributed by atoms with Crippen LogP contribution in [0, 0.1) is 5.82 Å². The number of pyridine rings is 2. The third-order valence-electron chi connectivity index (χ3n) is 5.77. The molecule has 6 aromatic rings. The zero-order valence-corrected chi connectivity index (χ0v) is 22.6. The number of fused-ring (bicyclic) bond motifs is 2. The van der Waals surface area contributed by atoms with Crippen molar-refractivity contribution in [3.8, 4) is 11.4 Å². The summed E-state index contributed by atoms with van der Waals surface area (Å²) in [7, 11) is -0.476. The molecular weight excluding hydrogens is 494 g/mol. The van der Waals surface area contributed by atoms with Crippen LogP contribution in [0.3, 0.4) is 0 Å². The van der Waals surface area contributed by atoms with Crippen molar-refractivity contribution in [2.24, 2.45) is 0 Å². The van der Waals surface area contributed by atoms with Crippen LogP contribution in [0.5, 0.6) is 0 Å². The van der Waals surface area contributed by atoms with Crippen molar-refractivity contribution in [3.05, 3.63) is 108 Å². The summed E-state index contributed by atoms with van der Waals surface area (Å²) >= 11 is 0. The standard InChI is InChI=1S/C16H13FN2.C12H11N4P.C2H6/c1-2-11-9-12-6-7-13(17)10-15(12)19-16(11)14-5-3-4-8-18-14;13-11-10-12(15-7-14-11)17(8-16-10)6-9-4-2-1-3-5-9;1-2/h3-10H,2H2,1H3;1-5,7-8H,6H2,(H2,13,14,15);1-2H3. The number of aromatic nitrogens is 5. The van der Waals surface area contributed by atoms with E-state index in [1.54, 1.807) is 12.3 Å². The molecule has 0 radical (unpaired) electrons. The van der Waals surface area contributed by atoms with Gasteiger partial charge in [-0.1, -0.05) is 64.7 Å². The number of anilines is 1. The van der Waals surface area contributed by atoms with Crippen molar-refractivity contribution in [3.63, 3.8) is 0 Å². The van der Waals surface area contributed by atoms with E-state index in [4.69, 9.17) is 5.73 Å². The van der Waals surface area contributed by atoms with E-state index in [1.165, 1.54) is 24.0 Å². The number of nitrogen functional groups attached to an aromatic ring is 1. The Balaban J connectivity index is 0.000000167. The third kappa shape index (κ3) is 6.18. The van der Waals surface area contributed by atoms with Crippen molar-refractivity contribution in [1.82, 2.24) is 24.9 Å². The van der Waals surface area contributed by atoms with Gasteiger partial charge >= 0.3 is 0 Å². The van der Waals surface area contributed by atoms with Crippen LogP contribution in [-0.4, -0.2) is 24.9 Å². The molecule has 2 N–H and O–H groups in total. The van der Waals surface area contributed by atoms with E-state index in [1.807, 2.05) is 56.2 Å². The highest BCUT2D eigenvalue weighted by Crippen LogP contribution is 2.39. The van der Waals surface area contributed by atoms with E-state index in [-0.39, 0.29) is 5.82 Å². The quantitative estimate of drug-likeness (QED) is 0.254. The molecule has 2 aromatic carbocycles. The fourth-order valence-corrected chi connectivity index (χ4v) is 5.82. The first-order valence-electron chi connectivity index (χ1n) is 12.6. The molecule has 0 amide bonds. The molecule has 0 aliphatic rings. The Morgan fingerprint density at radius 1 is 0.868 bits per heavy atom. The largest absolute Gasteiger partial charge is 0.382 e. The summed E-state index contributed by atoms with van der Waals surface area (Å²) in [6.07, 6.45) is 5.09. The van der Waals surface area contributed by atoms with Crippen molar-refractivity contribution < 1.29 is 4.39 Å². The fraction of sp³-hybridized carbons (Fsp3) is 0.167. The van der Waals surface area contributed by atoms with Crippen LogP contribution in [0.2, 0.25) is 0 Å². The van der Waals surface area contributed by atoms with E-state index in [0.717, 1.165) is 45.7 Å². The average molecular weight is 525 g/mol. The number of benzene rings is 2.